The topological polar surface area (TPSA) is 43.7 Å². The molecule has 128 valence electrons. The summed E-state index contributed by atoms with van der Waals surface area (Å²) >= 11 is 6.30. The number of halogens is 1. The minimum atomic E-state index is -0.0830. The maximum absolute atomic E-state index is 10.0. The van der Waals surface area contributed by atoms with Crippen molar-refractivity contribution in [1.82, 2.24) is 4.90 Å². The summed E-state index contributed by atoms with van der Waals surface area (Å²) in [5.41, 5.74) is 2.16. The third kappa shape index (κ3) is 4.10. The van der Waals surface area contributed by atoms with Gasteiger partial charge in [0.05, 0.1) is 0 Å². The van der Waals surface area contributed by atoms with Crippen LogP contribution in [0.4, 0.5) is 0 Å². The minimum absolute atomic E-state index is 0.0830. The van der Waals surface area contributed by atoms with E-state index in [4.69, 9.17) is 11.6 Å². The van der Waals surface area contributed by atoms with Gasteiger partial charge in [0.2, 0.25) is 0 Å². The molecular formula is C20H24ClNO2. The summed E-state index contributed by atoms with van der Waals surface area (Å²) in [4.78, 5) is 2.38. The third-order valence-electron chi connectivity index (χ3n) is 5.09. The number of rotatable bonds is 5. The lowest BCUT2D eigenvalue weighted by Crippen LogP contribution is -2.42. The van der Waals surface area contributed by atoms with Crippen LogP contribution in [0.1, 0.15) is 24.0 Å². The highest BCUT2D eigenvalue weighted by molar-refractivity contribution is 6.31. The SMILES string of the molecule is OCC1(Cc2ccccc2Cl)CCN(Cc2cccc(O)c2)CC1. The zero-order valence-electron chi connectivity index (χ0n) is 13.8. The molecule has 3 rings (SSSR count). The number of piperidine rings is 1. The molecule has 2 aromatic rings. The molecule has 4 heteroatoms. The van der Waals surface area contributed by atoms with Gasteiger partial charge < -0.3 is 10.2 Å². The maximum Gasteiger partial charge on any atom is 0.115 e. The molecule has 3 nitrogen and oxygen atoms in total. The quantitative estimate of drug-likeness (QED) is 0.864. The molecule has 0 aliphatic carbocycles. The number of hydrogen-bond acceptors (Lipinski definition) is 3. The highest BCUT2D eigenvalue weighted by Crippen LogP contribution is 2.36. The Kier molecular flexibility index (Phi) is 5.44. The van der Waals surface area contributed by atoms with Crippen molar-refractivity contribution in [2.45, 2.75) is 25.8 Å². The standard InChI is InChI=1S/C20H24ClNO2/c21-19-7-2-1-5-17(19)13-20(15-23)8-10-22(11-9-20)14-16-4-3-6-18(24)12-16/h1-7,12,23-24H,8-11,13-15H2. The fraction of sp³-hybridized carbons (Fsp3) is 0.400. The van der Waals surface area contributed by atoms with Crippen LogP contribution in [-0.4, -0.2) is 34.8 Å². The van der Waals surface area contributed by atoms with Crippen molar-refractivity contribution in [3.63, 3.8) is 0 Å². The first-order valence-corrected chi connectivity index (χ1v) is 8.83. The van der Waals surface area contributed by atoms with E-state index in [0.717, 1.165) is 55.0 Å². The van der Waals surface area contributed by atoms with Crippen LogP contribution in [0.5, 0.6) is 5.75 Å². The zero-order chi connectivity index (χ0) is 17.0. The molecule has 1 saturated heterocycles. The second-order valence-electron chi connectivity index (χ2n) is 6.87. The van der Waals surface area contributed by atoms with Crippen LogP contribution in [0.15, 0.2) is 48.5 Å². The Bertz CT molecular complexity index is 681. The normalized spacial score (nSPS) is 17.8. The summed E-state index contributed by atoms with van der Waals surface area (Å²) in [6, 6.07) is 15.3. The van der Waals surface area contributed by atoms with Gasteiger partial charge in [0.25, 0.3) is 0 Å². The van der Waals surface area contributed by atoms with Crippen molar-refractivity contribution >= 4 is 11.6 Å². The van der Waals surface area contributed by atoms with Gasteiger partial charge in [0.15, 0.2) is 0 Å². The molecule has 24 heavy (non-hydrogen) atoms. The first-order chi connectivity index (χ1) is 11.6. The largest absolute Gasteiger partial charge is 0.508 e. The predicted molar refractivity (Wildman–Crippen MR) is 97.3 cm³/mol. The van der Waals surface area contributed by atoms with Gasteiger partial charge in [-0.2, -0.15) is 0 Å². The van der Waals surface area contributed by atoms with Crippen molar-refractivity contribution in [3.05, 3.63) is 64.7 Å². The van der Waals surface area contributed by atoms with Crippen molar-refractivity contribution in [3.8, 4) is 5.75 Å². The van der Waals surface area contributed by atoms with Crippen LogP contribution < -0.4 is 0 Å². The summed E-state index contributed by atoms with van der Waals surface area (Å²) < 4.78 is 0. The Morgan fingerprint density at radius 3 is 2.46 bits per heavy atom. The molecule has 0 bridgehead atoms. The van der Waals surface area contributed by atoms with E-state index in [-0.39, 0.29) is 12.0 Å². The summed E-state index contributed by atoms with van der Waals surface area (Å²) in [6.07, 6.45) is 2.73. The number of likely N-dealkylation sites (tertiary alicyclic amines) is 1. The molecule has 0 spiro atoms. The molecule has 0 radical (unpaired) electrons. The van der Waals surface area contributed by atoms with E-state index in [1.807, 2.05) is 36.4 Å². The molecule has 1 aliphatic rings. The van der Waals surface area contributed by atoms with Gasteiger partial charge in [-0.3, -0.25) is 4.90 Å². The molecule has 0 atom stereocenters. The van der Waals surface area contributed by atoms with E-state index >= 15 is 0 Å². The Labute approximate surface area is 148 Å². The van der Waals surface area contributed by atoms with Crippen LogP contribution in [0.25, 0.3) is 0 Å². The Morgan fingerprint density at radius 2 is 1.79 bits per heavy atom. The highest BCUT2D eigenvalue weighted by Gasteiger charge is 2.34. The lowest BCUT2D eigenvalue weighted by molar-refractivity contribution is 0.0414. The Hall–Kier alpha value is -1.55. The number of hydrogen-bond donors (Lipinski definition) is 2. The number of nitrogens with zero attached hydrogens (tertiary/aromatic N) is 1. The van der Waals surface area contributed by atoms with E-state index in [0.29, 0.717) is 5.75 Å². The molecule has 0 unspecified atom stereocenters. The summed E-state index contributed by atoms with van der Waals surface area (Å²) in [7, 11) is 0. The summed E-state index contributed by atoms with van der Waals surface area (Å²) in [5, 5.41) is 20.4. The van der Waals surface area contributed by atoms with Crippen LogP contribution in [0.2, 0.25) is 5.02 Å². The number of phenolic OH excluding ortho intramolecular Hbond substituents is 1. The molecule has 2 aromatic carbocycles. The number of phenols is 1. The van der Waals surface area contributed by atoms with Crippen molar-refractivity contribution in [2.75, 3.05) is 19.7 Å². The first kappa shape index (κ1) is 17.3. The lowest BCUT2D eigenvalue weighted by atomic mass is 9.74. The molecule has 0 saturated carbocycles. The van der Waals surface area contributed by atoms with E-state index in [2.05, 4.69) is 11.0 Å². The van der Waals surface area contributed by atoms with Crippen molar-refractivity contribution in [2.24, 2.45) is 5.41 Å². The predicted octanol–water partition coefficient (Wildman–Crippen LogP) is 3.86. The second kappa shape index (κ2) is 7.56. The number of benzene rings is 2. The van der Waals surface area contributed by atoms with Gasteiger partial charge in [-0.15, -0.1) is 0 Å². The number of aliphatic hydroxyl groups is 1. The Morgan fingerprint density at radius 1 is 1.04 bits per heavy atom. The van der Waals surface area contributed by atoms with Crippen LogP contribution in [0, 0.1) is 5.41 Å². The van der Waals surface area contributed by atoms with E-state index in [1.165, 1.54) is 0 Å². The van der Waals surface area contributed by atoms with Gasteiger partial charge in [-0.1, -0.05) is 41.9 Å². The third-order valence-corrected chi connectivity index (χ3v) is 5.46. The van der Waals surface area contributed by atoms with E-state index in [1.54, 1.807) is 6.07 Å². The van der Waals surface area contributed by atoms with Crippen molar-refractivity contribution in [1.29, 1.82) is 0 Å². The maximum atomic E-state index is 10.0. The first-order valence-electron chi connectivity index (χ1n) is 8.45. The fourth-order valence-electron chi connectivity index (χ4n) is 3.54. The monoisotopic (exact) mass is 345 g/mol. The molecule has 0 amide bonds. The van der Waals surface area contributed by atoms with Gasteiger partial charge >= 0.3 is 0 Å². The van der Waals surface area contributed by atoms with Gasteiger partial charge in [0, 0.05) is 18.2 Å². The smallest absolute Gasteiger partial charge is 0.115 e. The second-order valence-corrected chi connectivity index (χ2v) is 7.28. The molecule has 2 N–H and O–H groups in total. The fourth-order valence-corrected chi connectivity index (χ4v) is 3.74. The van der Waals surface area contributed by atoms with E-state index < -0.39 is 0 Å². The summed E-state index contributed by atoms with van der Waals surface area (Å²) in [6.45, 7) is 2.92. The molecular weight excluding hydrogens is 322 g/mol. The molecule has 1 aliphatic heterocycles. The van der Waals surface area contributed by atoms with Gasteiger partial charge in [-0.05, 0) is 67.1 Å². The van der Waals surface area contributed by atoms with Gasteiger partial charge in [0.1, 0.15) is 5.75 Å². The van der Waals surface area contributed by atoms with Gasteiger partial charge in [-0.25, -0.2) is 0 Å². The Balaban J connectivity index is 1.62. The molecule has 1 heterocycles. The number of aromatic hydroxyl groups is 1. The van der Waals surface area contributed by atoms with E-state index in [9.17, 15) is 10.2 Å². The molecule has 1 fully saturated rings. The van der Waals surface area contributed by atoms with Crippen LogP contribution in [-0.2, 0) is 13.0 Å². The zero-order valence-corrected chi connectivity index (χ0v) is 14.5. The highest BCUT2D eigenvalue weighted by atomic mass is 35.5. The number of aliphatic hydroxyl groups excluding tert-OH is 1. The minimum Gasteiger partial charge on any atom is -0.508 e. The molecule has 0 aromatic heterocycles. The summed E-state index contributed by atoms with van der Waals surface area (Å²) in [5.74, 6) is 0.313. The average molecular weight is 346 g/mol. The average Bonchev–Trinajstić information content (AvgIpc) is 2.59. The van der Waals surface area contributed by atoms with Crippen molar-refractivity contribution < 1.29 is 10.2 Å². The van der Waals surface area contributed by atoms with Crippen LogP contribution >= 0.6 is 11.6 Å². The lowest BCUT2D eigenvalue weighted by Gasteiger charge is -2.41. The van der Waals surface area contributed by atoms with Crippen LogP contribution in [0.3, 0.4) is 0 Å².